The Hall–Kier alpha value is -1.18. The predicted molar refractivity (Wildman–Crippen MR) is 94.1 cm³/mol. The highest BCUT2D eigenvalue weighted by atomic mass is 32.1. The molecule has 1 amide bonds. The Morgan fingerprint density at radius 2 is 2.18 bits per heavy atom. The van der Waals surface area contributed by atoms with Crippen molar-refractivity contribution >= 4 is 43.2 Å². The van der Waals surface area contributed by atoms with Crippen molar-refractivity contribution in [2.45, 2.75) is 32.7 Å². The zero-order valence-corrected chi connectivity index (χ0v) is 14.6. The van der Waals surface area contributed by atoms with Crippen molar-refractivity contribution in [2.75, 3.05) is 24.5 Å². The molecule has 0 spiro atoms. The molecular weight excluding hydrogens is 316 g/mol. The van der Waals surface area contributed by atoms with Gasteiger partial charge in [-0.1, -0.05) is 11.3 Å². The molecule has 2 heterocycles. The summed E-state index contributed by atoms with van der Waals surface area (Å²) in [4.78, 5) is 20.8. The summed E-state index contributed by atoms with van der Waals surface area (Å²) in [5, 5.41) is 3.98. The van der Waals surface area contributed by atoms with Gasteiger partial charge in [0.2, 0.25) is 0 Å². The Labute approximate surface area is 138 Å². The molecule has 3 rings (SSSR count). The van der Waals surface area contributed by atoms with Crippen LogP contribution in [-0.4, -0.2) is 36.6 Å². The first-order valence-corrected chi connectivity index (χ1v) is 9.44. The zero-order chi connectivity index (χ0) is 15.7. The number of carbonyl (C=O) groups excluding carboxylic acids is 1. The topological polar surface area (TPSA) is 71.2 Å². The standard InChI is InChI=1S/C15H22N4OS2/c1-3-19(4-2)15-18-14-12(22-15)7-11(21-14)13(20)17-8-10(16)9-5-6-9/h7,9-10H,3-6,8,16H2,1-2H3,(H,17,20). The van der Waals surface area contributed by atoms with Crippen LogP contribution in [0.3, 0.4) is 0 Å². The number of rotatable bonds is 7. The number of aromatic nitrogens is 1. The van der Waals surface area contributed by atoms with E-state index < -0.39 is 0 Å². The quantitative estimate of drug-likeness (QED) is 0.814. The van der Waals surface area contributed by atoms with E-state index in [0.717, 1.165) is 32.6 Å². The lowest BCUT2D eigenvalue weighted by molar-refractivity contribution is 0.0954. The highest BCUT2D eigenvalue weighted by molar-refractivity contribution is 7.29. The number of thiazole rings is 1. The van der Waals surface area contributed by atoms with Crippen molar-refractivity contribution in [3.05, 3.63) is 10.9 Å². The van der Waals surface area contributed by atoms with Crippen molar-refractivity contribution in [1.29, 1.82) is 0 Å². The lowest BCUT2D eigenvalue weighted by atomic mass is 10.2. The van der Waals surface area contributed by atoms with Crippen LogP contribution in [0.4, 0.5) is 5.13 Å². The molecule has 1 aliphatic rings. The lowest BCUT2D eigenvalue weighted by Crippen LogP contribution is -2.38. The number of nitrogens with two attached hydrogens (primary N) is 1. The van der Waals surface area contributed by atoms with E-state index in [2.05, 4.69) is 29.0 Å². The van der Waals surface area contributed by atoms with Crippen molar-refractivity contribution < 1.29 is 4.79 Å². The van der Waals surface area contributed by atoms with E-state index in [9.17, 15) is 4.79 Å². The van der Waals surface area contributed by atoms with Gasteiger partial charge in [0.05, 0.1) is 9.58 Å². The Kier molecular flexibility index (Phi) is 4.65. The van der Waals surface area contributed by atoms with E-state index in [1.807, 2.05) is 6.07 Å². The Morgan fingerprint density at radius 1 is 1.45 bits per heavy atom. The molecule has 1 saturated carbocycles. The minimum Gasteiger partial charge on any atom is -0.350 e. The van der Waals surface area contributed by atoms with Gasteiger partial charge < -0.3 is 16.0 Å². The first-order chi connectivity index (χ1) is 10.6. The zero-order valence-electron chi connectivity index (χ0n) is 13.0. The average molecular weight is 339 g/mol. The van der Waals surface area contributed by atoms with E-state index in [4.69, 9.17) is 5.73 Å². The fourth-order valence-electron chi connectivity index (χ4n) is 2.45. The number of nitrogens with zero attached hydrogens (tertiary/aromatic N) is 2. The van der Waals surface area contributed by atoms with Crippen LogP contribution in [0.15, 0.2) is 6.07 Å². The third kappa shape index (κ3) is 3.26. The van der Waals surface area contributed by atoms with E-state index in [0.29, 0.717) is 12.5 Å². The molecule has 3 N–H and O–H groups in total. The second kappa shape index (κ2) is 6.52. The first-order valence-electron chi connectivity index (χ1n) is 7.81. The van der Waals surface area contributed by atoms with Gasteiger partial charge in [-0.3, -0.25) is 4.79 Å². The summed E-state index contributed by atoms with van der Waals surface area (Å²) in [6, 6.07) is 2.04. The fraction of sp³-hybridized carbons (Fsp3) is 0.600. The molecule has 1 atom stereocenters. The van der Waals surface area contributed by atoms with Crippen molar-refractivity contribution in [1.82, 2.24) is 10.3 Å². The minimum absolute atomic E-state index is 0.0318. The molecule has 0 aromatic carbocycles. The number of hydrogen-bond donors (Lipinski definition) is 2. The molecule has 0 saturated heterocycles. The summed E-state index contributed by atoms with van der Waals surface area (Å²) in [5.74, 6) is 0.570. The van der Waals surface area contributed by atoms with E-state index in [1.165, 1.54) is 24.2 Å². The van der Waals surface area contributed by atoms with Gasteiger partial charge in [0, 0.05) is 25.7 Å². The molecular formula is C15H22N4OS2. The van der Waals surface area contributed by atoms with Gasteiger partial charge in [0.25, 0.3) is 5.91 Å². The number of amides is 1. The van der Waals surface area contributed by atoms with Gasteiger partial charge in [-0.15, -0.1) is 11.3 Å². The highest BCUT2D eigenvalue weighted by Crippen LogP contribution is 2.34. The number of hydrogen-bond acceptors (Lipinski definition) is 6. The maximum absolute atomic E-state index is 12.2. The minimum atomic E-state index is -0.0318. The smallest absolute Gasteiger partial charge is 0.261 e. The largest absolute Gasteiger partial charge is 0.350 e. The molecule has 1 fully saturated rings. The molecule has 120 valence electrons. The number of carbonyl (C=O) groups is 1. The lowest BCUT2D eigenvalue weighted by Gasteiger charge is -2.16. The second-order valence-electron chi connectivity index (χ2n) is 5.66. The third-order valence-corrected chi connectivity index (χ3v) is 6.28. The van der Waals surface area contributed by atoms with Gasteiger partial charge in [0.15, 0.2) is 5.13 Å². The molecule has 1 aliphatic carbocycles. The summed E-state index contributed by atoms with van der Waals surface area (Å²) in [6.45, 7) is 6.71. The number of nitrogens with one attached hydrogen (secondary N) is 1. The van der Waals surface area contributed by atoms with Crippen molar-refractivity contribution in [3.8, 4) is 0 Å². The van der Waals surface area contributed by atoms with Gasteiger partial charge in [-0.2, -0.15) is 0 Å². The molecule has 2 aromatic rings. The van der Waals surface area contributed by atoms with Crippen LogP contribution in [0.1, 0.15) is 36.4 Å². The van der Waals surface area contributed by atoms with Gasteiger partial charge in [-0.05, 0) is 38.7 Å². The fourth-order valence-corrected chi connectivity index (χ4v) is 4.71. The van der Waals surface area contributed by atoms with Crippen LogP contribution in [0.25, 0.3) is 9.53 Å². The van der Waals surface area contributed by atoms with Gasteiger partial charge in [-0.25, -0.2) is 4.98 Å². The SMILES string of the molecule is CCN(CC)c1nc2sc(C(=O)NCC(N)C3CC3)cc2s1. The predicted octanol–water partition coefficient (Wildman–Crippen LogP) is 2.67. The molecule has 0 bridgehead atoms. The summed E-state index contributed by atoms with van der Waals surface area (Å²) in [7, 11) is 0. The van der Waals surface area contributed by atoms with E-state index in [-0.39, 0.29) is 11.9 Å². The third-order valence-electron chi connectivity index (χ3n) is 4.06. The van der Waals surface area contributed by atoms with Crippen LogP contribution in [0, 0.1) is 5.92 Å². The molecule has 0 radical (unpaired) electrons. The van der Waals surface area contributed by atoms with Gasteiger partial charge in [0.1, 0.15) is 4.83 Å². The first kappa shape index (κ1) is 15.7. The second-order valence-corrected chi connectivity index (χ2v) is 7.70. The number of fused-ring (bicyclic) bond motifs is 1. The molecule has 1 unspecified atom stereocenters. The van der Waals surface area contributed by atoms with Crippen LogP contribution >= 0.6 is 22.7 Å². The van der Waals surface area contributed by atoms with Crippen molar-refractivity contribution in [2.24, 2.45) is 11.7 Å². The molecule has 0 aliphatic heterocycles. The summed E-state index contributed by atoms with van der Waals surface area (Å²) in [5.41, 5.74) is 6.02. The molecule has 7 heteroatoms. The average Bonchev–Trinajstić information content (AvgIpc) is 3.18. The maximum Gasteiger partial charge on any atom is 0.261 e. The summed E-state index contributed by atoms with van der Waals surface area (Å²) < 4.78 is 1.09. The van der Waals surface area contributed by atoms with E-state index in [1.54, 1.807) is 11.3 Å². The summed E-state index contributed by atoms with van der Waals surface area (Å²) >= 11 is 3.11. The van der Waals surface area contributed by atoms with Crippen molar-refractivity contribution in [3.63, 3.8) is 0 Å². The number of anilines is 1. The monoisotopic (exact) mass is 338 g/mol. The molecule has 2 aromatic heterocycles. The molecule has 22 heavy (non-hydrogen) atoms. The van der Waals surface area contributed by atoms with Crippen LogP contribution in [0.5, 0.6) is 0 Å². The van der Waals surface area contributed by atoms with Crippen LogP contribution in [0.2, 0.25) is 0 Å². The Bertz CT molecular complexity index is 626. The summed E-state index contributed by atoms with van der Waals surface area (Å²) in [6.07, 6.45) is 2.40. The van der Waals surface area contributed by atoms with E-state index >= 15 is 0 Å². The molecule has 5 nitrogen and oxygen atoms in total. The van der Waals surface area contributed by atoms with Gasteiger partial charge >= 0.3 is 0 Å². The maximum atomic E-state index is 12.2. The number of thiophene rings is 1. The Morgan fingerprint density at radius 3 is 2.77 bits per heavy atom. The Balaban J connectivity index is 1.66. The van der Waals surface area contributed by atoms with Crippen LogP contribution in [-0.2, 0) is 0 Å². The normalized spacial score (nSPS) is 16.0. The highest BCUT2D eigenvalue weighted by Gasteiger charge is 2.28. The van der Waals surface area contributed by atoms with Crippen LogP contribution < -0.4 is 16.0 Å².